The van der Waals surface area contributed by atoms with Crippen LogP contribution in [0.15, 0.2) is 48.5 Å². The van der Waals surface area contributed by atoms with Crippen molar-refractivity contribution >= 4 is 18.0 Å². The van der Waals surface area contributed by atoms with Crippen LogP contribution in [0.2, 0.25) is 0 Å². The third-order valence-corrected chi connectivity index (χ3v) is 5.48. The van der Waals surface area contributed by atoms with Crippen LogP contribution in [0.25, 0.3) is 11.1 Å². The summed E-state index contributed by atoms with van der Waals surface area (Å²) in [4.78, 5) is 34.2. The molecule has 0 aromatic heterocycles. The van der Waals surface area contributed by atoms with Gasteiger partial charge in [0.15, 0.2) is 0 Å². The van der Waals surface area contributed by atoms with E-state index in [1.54, 1.807) is 0 Å². The van der Waals surface area contributed by atoms with E-state index in [9.17, 15) is 14.4 Å². The first kappa shape index (κ1) is 24.3. The summed E-state index contributed by atoms with van der Waals surface area (Å²) in [6.45, 7) is 1.06. The molecule has 176 valence electrons. The van der Waals surface area contributed by atoms with Gasteiger partial charge in [0.05, 0.1) is 6.61 Å². The number of carboxylic acid groups (broad SMARTS) is 1. The zero-order valence-electron chi connectivity index (χ0n) is 18.5. The molecule has 0 aliphatic heterocycles. The smallest absolute Gasteiger partial charge is 0.407 e. The van der Waals surface area contributed by atoms with Crippen LogP contribution in [0.1, 0.15) is 42.7 Å². The first-order valence-electron chi connectivity index (χ1n) is 11.2. The number of rotatable bonds is 13. The molecule has 0 heterocycles. The third kappa shape index (κ3) is 7.32. The van der Waals surface area contributed by atoms with Crippen LogP contribution < -0.4 is 10.6 Å². The summed E-state index contributed by atoms with van der Waals surface area (Å²) in [5.74, 6) is -1.04. The Balaban J connectivity index is 1.27. The zero-order valence-corrected chi connectivity index (χ0v) is 18.5. The number of carbonyl (C=O) groups is 3. The van der Waals surface area contributed by atoms with Crippen molar-refractivity contribution < 1.29 is 29.0 Å². The number of benzene rings is 2. The first-order valence-corrected chi connectivity index (χ1v) is 11.2. The van der Waals surface area contributed by atoms with Crippen molar-refractivity contribution in [1.82, 2.24) is 10.6 Å². The average Bonchev–Trinajstić information content (AvgIpc) is 3.13. The Kier molecular flexibility index (Phi) is 9.26. The molecule has 2 aromatic rings. The molecule has 1 aliphatic rings. The van der Waals surface area contributed by atoms with Crippen molar-refractivity contribution in [2.75, 3.05) is 32.9 Å². The quantitative estimate of drug-likeness (QED) is 0.400. The molecule has 33 heavy (non-hydrogen) atoms. The fourth-order valence-electron chi connectivity index (χ4n) is 3.90. The Hall–Kier alpha value is -3.39. The van der Waals surface area contributed by atoms with Crippen LogP contribution in [0.5, 0.6) is 0 Å². The van der Waals surface area contributed by atoms with Gasteiger partial charge in [-0.1, -0.05) is 55.0 Å². The van der Waals surface area contributed by atoms with Gasteiger partial charge in [-0.25, -0.2) is 4.79 Å². The van der Waals surface area contributed by atoms with Crippen molar-refractivity contribution in [2.24, 2.45) is 0 Å². The molecule has 2 aromatic carbocycles. The van der Waals surface area contributed by atoms with Crippen molar-refractivity contribution in [3.63, 3.8) is 0 Å². The molecule has 8 heteroatoms. The van der Waals surface area contributed by atoms with Crippen LogP contribution >= 0.6 is 0 Å². The van der Waals surface area contributed by atoms with E-state index in [-0.39, 0.29) is 44.6 Å². The Morgan fingerprint density at radius 1 is 0.848 bits per heavy atom. The number of ether oxygens (including phenoxy) is 2. The SMILES string of the molecule is O=C(O)CCCCCNC(=O)COCCNC(=O)OCC1c2ccccc2-c2ccccc21. The van der Waals surface area contributed by atoms with Gasteiger partial charge in [0.25, 0.3) is 0 Å². The summed E-state index contributed by atoms with van der Waals surface area (Å²) in [6, 6.07) is 16.3. The minimum atomic E-state index is -0.806. The molecule has 0 saturated heterocycles. The molecular formula is C25H30N2O6. The predicted molar refractivity (Wildman–Crippen MR) is 123 cm³/mol. The number of hydrogen-bond donors (Lipinski definition) is 3. The number of amides is 2. The van der Waals surface area contributed by atoms with Gasteiger partial charge in [-0.05, 0) is 35.1 Å². The maximum absolute atomic E-state index is 12.1. The average molecular weight is 455 g/mol. The van der Waals surface area contributed by atoms with Gasteiger partial charge < -0.3 is 25.2 Å². The Morgan fingerprint density at radius 2 is 1.52 bits per heavy atom. The van der Waals surface area contributed by atoms with Crippen LogP contribution in [-0.4, -0.2) is 56.0 Å². The van der Waals surface area contributed by atoms with Crippen molar-refractivity contribution in [3.05, 3.63) is 59.7 Å². The second-order valence-electron chi connectivity index (χ2n) is 7.86. The number of hydrogen-bond acceptors (Lipinski definition) is 5. The lowest BCUT2D eigenvalue weighted by Crippen LogP contribution is -2.32. The Bertz CT molecular complexity index is 916. The highest BCUT2D eigenvalue weighted by Crippen LogP contribution is 2.44. The number of alkyl carbamates (subject to hydrolysis) is 1. The van der Waals surface area contributed by atoms with Gasteiger partial charge in [0, 0.05) is 25.4 Å². The highest BCUT2D eigenvalue weighted by Gasteiger charge is 2.28. The van der Waals surface area contributed by atoms with Gasteiger partial charge in [-0.2, -0.15) is 0 Å². The van der Waals surface area contributed by atoms with E-state index in [2.05, 4.69) is 34.9 Å². The summed E-state index contributed by atoms with van der Waals surface area (Å²) < 4.78 is 10.7. The maximum Gasteiger partial charge on any atom is 0.407 e. The lowest BCUT2D eigenvalue weighted by atomic mass is 9.98. The van der Waals surface area contributed by atoms with Gasteiger partial charge in [-0.15, -0.1) is 0 Å². The summed E-state index contributed by atoms with van der Waals surface area (Å²) >= 11 is 0. The van der Waals surface area contributed by atoms with Gasteiger partial charge in [-0.3, -0.25) is 9.59 Å². The number of nitrogens with one attached hydrogen (secondary N) is 2. The van der Waals surface area contributed by atoms with Gasteiger partial charge >= 0.3 is 12.1 Å². The van der Waals surface area contributed by atoms with E-state index in [4.69, 9.17) is 14.6 Å². The van der Waals surface area contributed by atoms with Crippen LogP contribution in [0.4, 0.5) is 4.79 Å². The normalized spacial score (nSPS) is 12.0. The minimum absolute atomic E-state index is 0.00669. The van der Waals surface area contributed by atoms with E-state index in [1.165, 1.54) is 11.1 Å². The molecule has 8 nitrogen and oxygen atoms in total. The minimum Gasteiger partial charge on any atom is -0.481 e. The molecule has 3 rings (SSSR count). The van der Waals surface area contributed by atoms with E-state index in [1.807, 2.05) is 24.3 Å². The molecule has 0 radical (unpaired) electrons. The summed E-state index contributed by atoms with van der Waals surface area (Å²) in [5, 5.41) is 13.9. The number of unbranched alkanes of at least 4 members (excludes halogenated alkanes) is 2. The second-order valence-corrected chi connectivity index (χ2v) is 7.86. The number of carbonyl (C=O) groups excluding carboxylic acids is 2. The summed E-state index contributed by atoms with van der Waals surface area (Å²) in [5.41, 5.74) is 4.66. The highest BCUT2D eigenvalue weighted by molar-refractivity contribution is 5.79. The molecule has 0 atom stereocenters. The van der Waals surface area contributed by atoms with Gasteiger partial charge in [0.2, 0.25) is 5.91 Å². The van der Waals surface area contributed by atoms with Crippen LogP contribution in [0.3, 0.4) is 0 Å². The molecule has 0 saturated carbocycles. The monoisotopic (exact) mass is 454 g/mol. The number of aliphatic carboxylic acids is 1. The molecule has 0 fully saturated rings. The van der Waals surface area contributed by atoms with Crippen LogP contribution in [-0.2, 0) is 19.1 Å². The highest BCUT2D eigenvalue weighted by atomic mass is 16.5. The molecule has 2 amide bonds. The zero-order chi connectivity index (χ0) is 23.5. The molecule has 3 N–H and O–H groups in total. The Labute approximate surface area is 193 Å². The number of carboxylic acids is 1. The molecule has 0 bridgehead atoms. The van der Waals surface area contributed by atoms with Crippen molar-refractivity contribution in [3.8, 4) is 11.1 Å². The number of fused-ring (bicyclic) bond motifs is 3. The van der Waals surface area contributed by atoms with Crippen LogP contribution in [0, 0.1) is 0 Å². The van der Waals surface area contributed by atoms with E-state index in [0.29, 0.717) is 13.0 Å². The lowest BCUT2D eigenvalue weighted by molar-refractivity contribution is -0.137. The fraction of sp³-hybridized carbons (Fsp3) is 0.400. The van der Waals surface area contributed by atoms with E-state index in [0.717, 1.165) is 24.0 Å². The molecule has 0 unspecified atom stereocenters. The standard InChI is InChI=1S/C25H30N2O6/c28-23(26-13-7-1-2-12-24(29)30)17-32-15-14-27-25(31)33-16-22-20-10-5-3-8-18(20)19-9-4-6-11-21(19)22/h3-6,8-11,22H,1-2,7,12-17H2,(H,26,28)(H,27,31)(H,29,30). The predicted octanol–water partition coefficient (Wildman–Crippen LogP) is 3.30. The van der Waals surface area contributed by atoms with Crippen molar-refractivity contribution in [2.45, 2.75) is 31.6 Å². The largest absolute Gasteiger partial charge is 0.481 e. The molecule has 0 spiro atoms. The summed E-state index contributed by atoms with van der Waals surface area (Å²) in [6.07, 6.45) is 1.70. The van der Waals surface area contributed by atoms with E-state index >= 15 is 0 Å². The second kappa shape index (κ2) is 12.6. The summed E-state index contributed by atoms with van der Waals surface area (Å²) in [7, 11) is 0. The van der Waals surface area contributed by atoms with Crippen molar-refractivity contribution in [1.29, 1.82) is 0 Å². The third-order valence-electron chi connectivity index (χ3n) is 5.48. The molecular weight excluding hydrogens is 424 g/mol. The Morgan fingerprint density at radius 3 is 2.18 bits per heavy atom. The topological polar surface area (TPSA) is 114 Å². The lowest BCUT2D eigenvalue weighted by Gasteiger charge is -2.14. The van der Waals surface area contributed by atoms with Gasteiger partial charge in [0.1, 0.15) is 13.2 Å². The molecule has 1 aliphatic carbocycles. The first-order chi connectivity index (χ1) is 16.1. The maximum atomic E-state index is 12.1. The van der Waals surface area contributed by atoms with E-state index < -0.39 is 12.1 Å². The fourth-order valence-corrected chi connectivity index (χ4v) is 3.90.